The van der Waals surface area contributed by atoms with Gasteiger partial charge in [-0.2, -0.15) is 0 Å². The number of anilines is 1. The van der Waals surface area contributed by atoms with Gasteiger partial charge in [-0.3, -0.25) is 4.99 Å². The summed E-state index contributed by atoms with van der Waals surface area (Å²) in [6, 6.07) is 36.3. The molecular formula is C42H43N6S2+. The summed E-state index contributed by atoms with van der Waals surface area (Å²) in [6.07, 6.45) is 13.4. The van der Waals surface area contributed by atoms with Crippen LogP contribution < -0.4 is 9.47 Å². The van der Waals surface area contributed by atoms with Crippen LogP contribution in [0.3, 0.4) is 0 Å². The molecule has 0 bridgehead atoms. The second kappa shape index (κ2) is 15.3. The molecule has 0 atom stereocenters. The Balaban J connectivity index is 0.975. The zero-order valence-electron chi connectivity index (χ0n) is 29.1. The molecule has 0 saturated carbocycles. The normalized spacial score (nSPS) is 12.4. The van der Waals surface area contributed by atoms with Crippen LogP contribution in [-0.2, 0) is 27.2 Å². The standard InChI is InChI=1S/C42H43N6S2/c1-43-41(44(2)34-14-6-5-7-15-34)24-22-32-30-47(37-18-10-8-16-35(32)37)26-28-49-50-29-27-48-31-33(36-17-9-11-19-38(36)48)23-25-42-45(3)39-20-12-13-21-40(39)46(42)4/h5-25,30-31H,26-29H2,1-4H3/q+1/b24-22+,43-41?. The predicted molar refractivity (Wildman–Crippen MR) is 219 cm³/mol. The molecule has 252 valence electrons. The van der Waals surface area contributed by atoms with E-state index in [9.17, 15) is 0 Å². The van der Waals surface area contributed by atoms with E-state index in [1.807, 2.05) is 34.7 Å². The fourth-order valence-electron chi connectivity index (χ4n) is 6.75. The smallest absolute Gasteiger partial charge is 0.281 e. The van der Waals surface area contributed by atoms with E-state index in [0.717, 1.165) is 36.1 Å². The van der Waals surface area contributed by atoms with Crippen LogP contribution in [0.25, 0.3) is 51.1 Å². The number of para-hydroxylation sites is 5. The summed E-state index contributed by atoms with van der Waals surface area (Å²) in [5.41, 5.74) is 8.58. The number of likely N-dealkylation sites (N-methyl/N-ethyl adjacent to an activating group) is 1. The summed E-state index contributed by atoms with van der Waals surface area (Å²) < 4.78 is 9.32. The number of aliphatic imine (C=N–C) groups is 1. The number of benzene rings is 4. The second-order valence-electron chi connectivity index (χ2n) is 12.3. The number of hydrogen-bond donors (Lipinski definition) is 0. The second-order valence-corrected chi connectivity index (χ2v) is 15.0. The number of nitrogens with zero attached hydrogens (tertiary/aromatic N) is 6. The van der Waals surface area contributed by atoms with Crippen molar-refractivity contribution in [1.82, 2.24) is 13.7 Å². The van der Waals surface area contributed by atoms with Gasteiger partial charge in [-0.25, -0.2) is 9.13 Å². The zero-order chi connectivity index (χ0) is 34.5. The van der Waals surface area contributed by atoms with E-state index >= 15 is 0 Å². The number of amidine groups is 1. The lowest BCUT2D eigenvalue weighted by atomic mass is 10.1. The van der Waals surface area contributed by atoms with Crippen LogP contribution in [0.1, 0.15) is 17.0 Å². The topological polar surface area (TPSA) is 34.3 Å². The quantitative estimate of drug-likeness (QED) is 0.0420. The highest BCUT2D eigenvalue weighted by atomic mass is 33.1. The van der Waals surface area contributed by atoms with Crippen LogP contribution in [-0.4, -0.2) is 45.1 Å². The van der Waals surface area contributed by atoms with E-state index in [-0.39, 0.29) is 0 Å². The summed E-state index contributed by atoms with van der Waals surface area (Å²) in [7, 11) is 12.1. The van der Waals surface area contributed by atoms with Crippen molar-refractivity contribution in [2.24, 2.45) is 19.1 Å². The van der Waals surface area contributed by atoms with Gasteiger partial charge in [0.25, 0.3) is 5.82 Å². The lowest BCUT2D eigenvalue weighted by Crippen LogP contribution is -2.30. The van der Waals surface area contributed by atoms with Crippen molar-refractivity contribution in [3.63, 3.8) is 0 Å². The number of hydrogen-bond acceptors (Lipinski definition) is 3. The molecule has 0 spiro atoms. The van der Waals surface area contributed by atoms with Gasteiger partial charge >= 0.3 is 0 Å². The lowest BCUT2D eigenvalue weighted by Gasteiger charge is -2.18. The maximum Gasteiger partial charge on any atom is 0.281 e. The van der Waals surface area contributed by atoms with Crippen LogP contribution >= 0.6 is 21.6 Å². The minimum atomic E-state index is 0.914. The zero-order valence-corrected chi connectivity index (χ0v) is 30.7. The first kappa shape index (κ1) is 33.6. The minimum absolute atomic E-state index is 0.914. The largest absolute Gasteiger partial charge is 0.346 e. The van der Waals surface area contributed by atoms with Gasteiger partial charge in [0, 0.05) is 95.8 Å². The Hall–Kier alpha value is -4.92. The molecule has 6 nitrogen and oxygen atoms in total. The van der Waals surface area contributed by atoms with Crippen LogP contribution in [0.2, 0.25) is 0 Å². The molecule has 7 aromatic rings. The average molecular weight is 696 g/mol. The third-order valence-corrected chi connectivity index (χ3v) is 11.8. The first-order chi connectivity index (χ1) is 24.5. The van der Waals surface area contributed by atoms with Crippen molar-refractivity contribution in [3.05, 3.63) is 139 Å². The van der Waals surface area contributed by atoms with Crippen molar-refractivity contribution in [3.8, 4) is 0 Å². The highest BCUT2D eigenvalue weighted by molar-refractivity contribution is 8.76. The Morgan fingerprint density at radius 1 is 0.700 bits per heavy atom. The fourth-order valence-corrected chi connectivity index (χ4v) is 8.68. The lowest BCUT2D eigenvalue weighted by molar-refractivity contribution is -0.647. The summed E-state index contributed by atoms with van der Waals surface area (Å²) in [5.74, 6) is 4.16. The van der Waals surface area contributed by atoms with Crippen LogP contribution in [0.4, 0.5) is 5.69 Å². The van der Waals surface area contributed by atoms with E-state index in [1.54, 1.807) is 0 Å². The van der Waals surface area contributed by atoms with E-state index in [1.165, 1.54) is 49.8 Å². The molecule has 0 fully saturated rings. The van der Waals surface area contributed by atoms with Crippen molar-refractivity contribution < 1.29 is 4.57 Å². The number of imidazole rings is 1. The Morgan fingerprint density at radius 3 is 1.84 bits per heavy atom. The molecule has 0 N–H and O–H groups in total. The average Bonchev–Trinajstić information content (AvgIpc) is 3.78. The van der Waals surface area contributed by atoms with E-state index in [4.69, 9.17) is 0 Å². The molecule has 4 aromatic carbocycles. The third-order valence-electron chi connectivity index (χ3n) is 9.39. The van der Waals surface area contributed by atoms with Gasteiger partial charge in [0.2, 0.25) is 0 Å². The third kappa shape index (κ3) is 6.91. The van der Waals surface area contributed by atoms with Gasteiger partial charge in [0.05, 0.1) is 14.1 Å². The summed E-state index contributed by atoms with van der Waals surface area (Å²) >= 11 is 0. The number of aryl methyl sites for hydroxylation is 4. The highest BCUT2D eigenvalue weighted by Gasteiger charge is 2.17. The number of aromatic nitrogens is 4. The predicted octanol–water partition coefficient (Wildman–Crippen LogP) is 9.34. The first-order valence-electron chi connectivity index (χ1n) is 17.0. The van der Waals surface area contributed by atoms with Crippen LogP contribution in [0.5, 0.6) is 0 Å². The van der Waals surface area contributed by atoms with Crippen LogP contribution in [0.15, 0.2) is 127 Å². The van der Waals surface area contributed by atoms with Gasteiger partial charge in [-0.1, -0.05) is 88.3 Å². The van der Waals surface area contributed by atoms with Crippen molar-refractivity contribution in [1.29, 1.82) is 0 Å². The minimum Gasteiger partial charge on any atom is -0.346 e. The van der Waals surface area contributed by atoms with Crippen molar-refractivity contribution >= 4 is 84.2 Å². The molecule has 0 amide bonds. The van der Waals surface area contributed by atoms with E-state index in [2.05, 4.69) is 183 Å². The highest BCUT2D eigenvalue weighted by Crippen LogP contribution is 2.28. The van der Waals surface area contributed by atoms with Crippen molar-refractivity contribution in [2.75, 3.05) is 30.5 Å². The Kier molecular flexibility index (Phi) is 10.3. The summed E-state index contributed by atoms with van der Waals surface area (Å²) in [4.78, 5) is 6.67. The molecule has 3 aromatic heterocycles. The molecule has 7 rings (SSSR count). The molecule has 0 saturated heterocycles. The number of rotatable bonds is 12. The molecular weight excluding hydrogens is 653 g/mol. The van der Waals surface area contributed by atoms with Gasteiger partial charge in [-0.15, -0.1) is 0 Å². The molecule has 0 unspecified atom stereocenters. The summed E-state index contributed by atoms with van der Waals surface area (Å²) in [5, 5.41) is 2.55. The van der Waals surface area contributed by atoms with Crippen LogP contribution in [0, 0.1) is 0 Å². The molecule has 50 heavy (non-hydrogen) atoms. The monoisotopic (exact) mass is 695 g/mol. The Bertz CT molecular complexity index is 2300. The molecule has 3 heterocycles. The maximum absolute atomic E-state index is 4.56. The van der Waals surface area contributed by atoms with E-state index in [0.29, 0.717) is 0 Å². The van der Waals surface area contributed by atoms with Gasteiger partial charge in [0.1, 0.15) is 5.84 Å². The SMILES string of the molecule is CN=C(/C=C/c1cn(CCSSCCn2cc(/C=C/c3n(C)c4ccccc4[n+]3C)c3ccccc32)c2ccccc12)N(C)c1ccccc1. The Labute approximate surface area is 302 Å². The van der Waals surface area contributed by atoms with Gasteiger partial charge in [-0.05, 0) is 54.6 Å². The summed E-state index contributed by atoms with van der Waals surface area (Å²) in [6.45, 7) is 1.92. The van der Waals surface area contributed by atoms with Gasteiger partial charge < -0.3 is 14.0 Å². The Morgan fingerprint density at radius 2 is 1.24 bits per heavy atom. The number of fused-ring (bicyclic) bond motifs is 3. The molecule has 0 aliphatic carbocycles. The molecule has 0 aliphatic rings. The molecule has 8 heteroatoms. The maximum atomic E-state index is 4.56. The molecule has 0 radical (unpaired) electrons. The van der Waals surface area contributed by atoms with Gasteiger partial charge in [0.15, 0.2) is 11.0 Å². The first-order valence-corrected chi connectivity index (χ1v) is 19.5. The van der Waals surface area contributed by atoms with E-state index < -0.39 is 0 Å². The molecule has 0 aliphatic heterocycles. The fraction of sp³-hybridized carbons (Fsp3) is 0.190. The van der Waals surface area contributed by atoms with Crippen molar-refractivity contribution in [2.45, 2.75) is 13.1 Å².